The van der Waals surface area contributed by atoms with E-state index in [0.717, 1.165) is 10.6 Å². The highest BCUT2D eigenvalue weighted by Crippen LogP contribution is 2.49. The standard InChI is InChI=1S/C22H40N2O8Si2/c1-13(2)33(14(3)4)29-11-17-19(31-34(32-33,15(5)6)16(7)8)20(27)22(12-25,30-17)24-10-9-18(26)23-21(24)28/h9-10,13-17,19-20,25,27H,11-12H2,1-8H3,(H,23,26,28)/t17-,19-,20+,22-/m1/s1. The molecule has 3 heterocycles. The number of fused-ring (bicyclic) bond motifs is 1. The molecule has 0 aromatic carbocycles. The van der Waals surface area contributed by atoms with Crippen LogP contribution in [0.1, 0.15) is 55.4 Å². The van der Waals surface area contributed by atoms with E-state index in [1.54, 1.807) is 0 Å². The highest BCUT2D eigenvalue weighted by atomic mass is 28.5. The lowest BCUT2D eigenvalue weighted by Gasteiger charge is -2.51. The predicted octanol–water partition coefficient (Wildman–Crippen LogP) is 1.90. The number of hydrogen-bond acceptors (Lipinski definition) is 8. The molecule has 0 radical (unpaired) electrons. The van der Waals surface area contributed by atoms with Gasteiger partial charge in [0.25, 0.3) is 5.56 Å². The minimum Gasteiger partial charge on any atom is -0.414 e. The Morgan fingerprint density at radius 1 is 1.06 bits per heavy atom. The van der Waals surface area contributed by atoms with Crippen molar-refractivity contribution in [3.8, 4) is 0 Å². The number of nitrogens with one attached hydrogen (secondary N) is 1. The number of ether oxygens (including phenoxy) is 1. The fourth-order valence-corrected chi connectivity index (χ4v) is 16.6. The van der Waals surface area contributed by atoms with Crippen LogP contribution in [0.2, 0.25) is 22.2 Å². The minimum absolute atomic E-state index is 0.0337. The Labute approximate surface area is 202 Å². The first-order valence-corrected chi connectivity index (χ1v) is 16.0. The molecule has 0 bridgehead atoms. The van der Waals surface area contributed by atoms with E-state index >= 15 is 0 Å². The molecule has 1 aromatic heterocycles. The first kappa shape index (κ1) is 27.5. The molecule has 3 rings (SSSR count). The second-order valence-electron chi connectivity index (χ2n) is 10.6. The summed E-state index contributed by atoms with van der Waals surface area (Å²) in [6.07, 6.45) is -1.84. The van der Waals surface area contributed by atoms with Gasteiger partial charge < -0.3 is 27.9 Å². The van der Waals surface area contributed by atoms with Crippen LogP contribution in [0.15, 0.2) is 21.9 Å². The van der Waals surface area contributed by atoms with E-state index in [2.05, 4.69) is 60.4 Å². The van der Waals surface area contributed by atoms with Crippen molar-refractivity contribution in [3.05, 3.63) is 33.1 Å². The van der Waals surface area contributed by atoms with Crippen molar-refractivity contribution in [2.24, 2.45) is 0 Å². The SMILES string of the molecule is CC(C)[Si]1(C(C)C)OC[C@H]2O[C@@](CO)(n3ccc(=O)[nH]c3=O)[C@@H](O)[C@@H]2O[Si](C(C)C)(C(C)C)O1. The molecule has 10 nitrogen and oxygen atoms in total. The van der Waals surface area contributed by atoms with Crippen molar-refractivity contribution in [1.29, 1.82) is 0 Å². The zero-order valence-electron chi connectivity index (χ0n) is 21.4. The van der Waals surface area contributed by atoms with Crippen molar-refractivity contribution in [3.63, 3.8) is 0 Å². The van der Waals surface area contributed by atoms with Gasteiger partial charge in [-0.25, -0.2) is 4.79 Å². The van der Waals surface area contributed by atoms with Crippen molar-refractivity contribution in [1.82, 2.24) is 9.55 Å². The summed E-state index contributed by atoms with van der Waals surface area (Å²) in [6.45, 7) is 16.1. The third kappa shape index (κ3) is 4.21. The number of aliphatic hydroxyl groups excluding tert-OH is 2. The zero-order chi connectivity index (χ0) is 25.6. The number of nitrogens with zero attached hydrogens (tertiary/aromatic N) is 1. The van der Waals surface area contributed by atoms with E-state index in [9.17, 15) is 19.8 Å². The number of aromatic amines is 1. The molecule has 3 N–H and O–H groups in total. The Balaban J connectivity index is 2.17. The highest BCUT2D eigenvalue weighted by Gasteiger charge is 2.64. The lowest BCUT2D eigenvalue weighted by atomic mass is 10.0. The maximum Gasteiger partial charge on any atom is 0.335 e. The third-order valence-electron chi connectivity index (χ3n) is 7.28. The lowest BCUT2D eigenvalue weighted by molar-refractivity contribution is -0.173. The van der Waals surface area contributed by atoms with Crippen LogP contribution in [-0.2, 0) is 23.4 Å². The average Bonchev–Trinajstić information content (AvgIpc) is 2.98. The molecule has 2 aliphatic rings. The summed E-state index contributed by atoms with van der Waals surface area (Å²) in [5.74, 6) is 0. The first-order chi connectivity index (χ1) is 15.8. The maximum absolute atomic E-state index is 12.6. The molecule has 0 amide bonds. The van der Waals surface area contributed by atoms with E-state index in [1.807, 2.05) is 0 Å². The molecule has 194 valence electrons. The van der Waals surface area contributed by atoms with E-state index in [-0.39, 0.29) is 28.8 Å². The molecule has 12 heteroatoms. The van der Waals surface area contributed by atoms with E-state index in [4.69, 9.17) is 17.7 Å². The van der Waals surface area contributed by atoms with Crippen molar-refractivity contribution in [2.45, 2.75) is 102 Å². The van der Waals surface area contributed by atoms with Gasteiger partial charge >= 0.3 is 22.8 Å². The fraction of sp³-hybridized carbons (Fsp3) is 0.818. The van der Waals surface area contributed by atoms with Crippen LogP contribution < -0.4 is 11.2 Å². The summed E-state index contributed by atoms with van der Waals surface area (Å²) in [4.78, 5) is 26.4. The monoisotopic (exact) mass is 516 g/mol. The number of aliphatic hydroxyl groups is 2. The van der Waals surface area contributed by atoms with Crippen LogP contribution in [0.5, 0.6) is 0 Å². The normalized spacial score (nSPS) is 31.2. The molecule has 4 atom stereocenters. The zero-order valence-corrected chi connectivity index (χ0v) is 23.4. The molecule has 1 aromatic rings. The molecule has 0 aliphatic carbocycles. The van der Waals surface area contributed by atoms with Crippen LogP contribution in [0.25, 0.3) is 0 Å². The van der Waals surface area contributed by atoms with Gasteiger partial charge in [0, 0.05) is 12.3 Å². The molecule has 0 saturated carbocycles. The average molecular weight is 517 g/mol. The van der Waals surface area contributed by atoms with Crippen LogP contribution in [-0.4, -0.2) is 68.4 Å². The smallest absolute Gasteiger partial charge is 0.335 e. The van der Waals surface area contributed by atoms with Gasteiger partial charge in [-0.3, -0.25) is 14.3 Å². The predicted molar refractivity (Wildman–Crippen MR) is 131 cm³/mol. The van der Waals surface area contributed by atoms with Gasteiger partial charge in [-0.15, -0.1) is 0 Å². The first-order valence-electron chi connectivity index (χ1n) is 12.1. The Hall–Kier alpha value is -1.13. The second kappa shape index (κ2) is 9.73. The van der Waals surface area contributed by atoms with Crippen LogP contribution in [0.3, 0.4) is 0 Å². The summed E-state index contributed by atoms with van der Waals surface area (Å²) in [5, 5.41) is 21.9. The highest BCUT2D eigenvalue weighted by molar-refractivity contribution is 6.83. The Morgan fingerprint density at radius 3 is 2.09 bits per heavy atom. The van der Waals surface area contributed by atoms with Gasteiger partial charge in [-0.1, -0.05) is 55.4 Å². The Kier molecular flexibility index (Phi) is 7.86. The molecular formula is C22H40N2O8Si2. The summed E-state index contributed by atoms with van der Waals surface area (Å²) < 4.78 is 27.8. The summed E-state index contributed by atoms with van der Waals surface area (Å²) in [7, 11) is -5.86. The molecule has 34 heavy (non-hydrogen) atoms. The minimum atomic E-state index is -3.04. The Morgan fingerprint density at radius 2 is 1.62 bits per heavy atom. The molecule has 0 spiro atoms. The molecule has 2 saturated heterocycles. The van der Waals surface area contributed by atoms with E-state index in [1.165, 1.54) is 6.20 Å². The second-order valence-corrected chi connectivity index (χ2v) is 19.5. The number of hydrogen-bond donors (Lipinski definition) is 3. The third-order valence-corrected chi connectivity index (χ3v) is 17.5. The van der Waals surface area contributed by atoms with Crippen LogP contribution >= 0.6 is 0 Å². The number of aromatic nitrogens is 2. The topological polar surface area (TPSA) is 132 Å². The van der Waals surface area contributed by atoms with Gasteiger partial charge in [-0.05, 0) is 22.2 Å². The van der Waals surface area contributed by atoms with Gasteiger partial charge in [0.05, 0.1) is 13.2 Å². The summed E-state index contributed by atoms with van der Waals surface area (Å²) >= 11 is 0. The van der Waals surface area contributed by atoms with E-state index < -0.39 is 59.0 Å². The maximum atomic E-state index is 12.6. The summed E-state index contributed by atoms with van der Waals surface area (Å²) in [6, 6.07) is 1.15. The van der Waals surface area contributed by atoms with E-state index in [0.29, 0.717) is 0 Å². The van der Waals surface area contributed by atoms with Crippen LogP contribution in [0.4, 0.5) is 0 Å². The van der Waals surface area contributed by atoms with Gasteiger partial charge in [0.1, 0.15) is 18.3 Å². The largest absolute Gasteiger partial charge is 0.414 e. The molecule has 2 fully saturated rings. The lowest BCUT2D eigenvalue weighted by Crippen LogP contribution is -2.66. The van der Waals surface area contributed by atoms with Gasteiger partial charge in [0.15, 0.2) is 0 Å². The van der Waals surface area contributed by atoms with Gasteiger partial charge in [0.2, 0.25) is 5.72 Å². The quantitative estimate of drug-likeness (QED) is 0.489. The Bertz CT molecular complexity index is 962. The molecule has 2 aliphatic heterocycles. The molecule has 0 unspecified atom stereocenters. The van der Waals surface area contributed by atoms with Crippen molar-refractivity contribution in [2.75, 3.05) is 13.2 Å². The summed E-state index contributed by atoms with van der Waals surface area (Å²) in [5.41, 5.74) is -2.88. The van der Waals surface area contributed by atoms with Crippen molar-refractivity contribution >= 4 is 17.1 Å². The fourth-order valence-electron chi connectivity index (χ4n) is 5.39. The van der Waals surface area contributed by atoms with Crippen LogP contribution in [0, 0.1) is 0 Å². The van der Waals surface area contributed by atoms with Crippen molar-refractivity contribution < 1.29 is 27.9 Å². The molecular weight excluding hydrogens is 476 g/mol. The van der Waals surface area contributed by atoms with Gasteiger partial charge in [-0.2, -0.15) is 0 Å². The number of rotatable bonds is 6. The number of H-pyrrole nitrogens is 1.